The van der Waals surface area contributed by atoms with Crippen molar-refractivity contribution in [2.45, 2.75) is 13.5 Å². The van der Waals surface area contributed by atoms with Crippen LogP contribution in [-0.2, 0) is 6.54 Å². The lowest BCUT2D eigenvalue weighted by atomic mass is 10.0. The summed E-state index contributed by atoms with van der Waals surface area (Å²) in [4.78, 5) is 19.1. The molecule has 5 nitrogen and oxygen atoms in total. The van der Waals surface area contributed by atoms with E-state index in [9.17, 15) is 4.79 Å². The van der Waals surface area contributed by atoms with Crippen molar-refractivity contribution >= 4 is 5.91 Å². The fourth-order valence-electron chi connectivity index (χ4n) is 1.74. The highest BCUT2D eigenvalue weighted by Crippen LogP contribution is 2.10. The zero-order valence-corrected chi connectivity index (χ0v) is 11.1. The molecule has 0 radical (unpaired) electrons. The molecule has 0 atom stereocenters. The molecule has 0 aliphatic carbocycles. The number of carbonyl (C=O) groups is 1. The van der Waals surface area contributed by atoms with Crippen molar-refractivity contribution in [3.8, 4) is 11.8 Å². The third-order valence-electron chi connectivity index (χ3n) is 2.77. The molecule has 0 aliphatic rings. The van der Waals surface area contributed by atoms with E-state index in [2.05, 4.69) is 27.1 Å². The van der Waals surface area contributed by atoms with Gasteiger partial charge in [-0.1, -0.05) is 17.9 Å². The van der Waals surface area contributed by atoms with E-state index in [4.69, 9.17) is 5.11 Å². The summed E-state index contributed by atoms with van der Waals surface area (Å²) in [5, 5.41) is 11.5. The standard InChI is InChI=1S/C15H15N3O2/c1-11-4-5-12(3-2-8-19)9-13(11)15(20)18-10-14-16-6-7-17-14/h4-7,9,19H,8,10H2,1H3,(H,16,17)(H,18,20). The van der Waals surface area contributed by atoms with Crippen LogP contribution < -0.4 is 5.32 Å². The molecule has 0 saturated heterocycles. The molecule has 0 saturated carbocycles. The Kier molecular flexibility index (Phi) is 4.53. The van der Waals surface area contributed by atoms with Crippen molar-refractivity contribution in [1.82, 2.24) is 15.3 Å². The van der Waals surface area contributed by atoms with Gasteiger partial charge in [0.25, 0.3) is 5.91 Å². The van der Waals surface area contributed by atoms with Gasteiger partial charge in [0.15, 0.2) is 0 Å². The molecule has 3 N–H and O–H groups in total. The molecule has 2 aromatic rings. The van der Waals surface area contributed by atoms with Gasteiger partial charge < -0.3 is 15.4 Å². The maximum Gasteiger partial charge on any atom is 0.251 e. The highest BCUT2D eigenvalue weighted by molar-refractivity contribution is 5.95. The van der Waals surface area contributed by atoms with E-state index in [1.54, 1.807) is 18.5 Å². The van der Waals surface area contributed by atoms with Crippen LogP contribution in [-0.4, -0.2) is 27.6 Å². The minimum Gasteiger partial charge on any atom is -0.384 e. The first-order chi connectivity index (χ1) is 9.70. The first-order valence-corrected chi connectivity index (χ1v) is 6.17. The van der Waals surface area contributed by atoms with E-state index in [0.29, 0.717) is 23.5 Å². The summed E-state index contributed by atoms with van der Waals surface area (Å²) < 4.78 is 0. The number of hydrogen-bond donors (Lipinski definition) is 3. The normalized spacial score (nSPS) is 9.70. The Hall–Kier alpha value is -2.58. The zero-order valence-electron chi connectivity index (χ0n) is 11.1. The Balaban J connectivity index is 2.12. The number of hydrogen-bond acceptors (Lipinski definition) is 3. The van der Waals surface area contributed by atoms with Gasteiger partial charge in [0.1, 0.15) is 12.4 Å². The first-order valence-electron chi connectivity index (χ1n) is 6.17. The van der Waals surface area contributed by atoms with E-state index >= 15 is 0 Å². The number of aliphatic hydroxyl groups is 1. The summed E-state index contributed by atoms with van der Waals surface area (Å²) in [5.74, 6) is 5.88. The molecule has 0 bridgehead atoms. The van der Waals surface area contributed by atoms with Crippen LogP contribution in [0.2, 0.25) is 0 Å². The van der Waals surface area contributed by atoms with Gasteiger partial charge in [-0.3, -0.25) is 4.79 Å². The predicted molar refractivity (Wildman–Crippen MR) is 74.9 cm³/mol. The fourth-order valence-corrected chi connectivity index (χ4v) is 1.74. The number of nitrogens with zero attached hydrogens (tertiary/aromatic N) is 1. The van der Waals surface area contributed by atoms with Gasteiger partial charge in [-0.25, -0.2) is 4.98 Å². The van der Waals surface area contributed by atoms with Crippen molar-refractivity contribution in [2.75, 3.05) is 6.61 Å². The number of benzene rings is 1. The van der Waals surface area contributed by atoms with Crippen molar-refractivity contribution in [2.24, 2.45) is 0 Å². The second kappa shape index (κ2) is 6.55. The van der Waals surface area contributed by atoms with Gasteiger partial charge in [-0.05, 0) is 24.6 Å². The number of nitrogens with one attached hydrogen (secondary N) is 2. The minimum absolute atomic E-state index is 0.174. The van der Waals surface area contributed by atoms with Gasteiger partial charge in [-0.2, -0.15) is 0 Å². The van der Waals surface area contributed by atoms with Crippen molar-refractivity contribution < 1.29 is 9.90 Å². The van der Waals surface area contributed by atoms with Gasteiger partial charge in [0.2, 0.25) is 0 Å². The van der Waals surface area contributed by atoms with Crippen LogP contribution in [0.4, 0.5) is 0 Å². The number of aryl methyl sites for hydroxylation is 1. The van der Waals surface area contributed by atoms with Crippen molar-refractivity contribution in [3.05, 3.63) is 53.1 Å². The Labute approximate surface area is 117 Å². The van der Waals surface area contributed by atoms with Crippen LogP contribution >= 0.6 is 0 Å². The lowest BCUT2D eigenvalue weighted by Crippen LogP contribution is -2.24. The molecule has 1 heterocycles. The highest BCUT2D eigenvalue weighted by Gasteiger charge is 2.09. The Bertz CT molecular complexity index is 651. The molecule has 20 heavy (non-hydrogen) atoms. The maximum absolute atomic E-state index is 12.1. The molecule has 0 aliphatic heterocycles. The summed E-state index contributed by atoms with van der Waals surface area (Å²) in [7, 11) is 0. The lowest BCUT2D eigenvalue weighted by Gasteiger charge is -2.07. The molecule has 1 aromatic heterocycles. The Morgan fingerprint density at radius 2 is 2.35 bits per heavy atom. The smallest absolute Gasteiger partial charge is 0.251 e. The SMILES string of the molecule is Cc1ccc(C#CCO)cc1C(=O)NCc1ncc[nH]1. The summed E-state index contributed by atoms with van der Waals surface area (Å²) >= 11 is 0. The quantitative estimate of drug-likeness (QED) is 0.727. The number of carbonyl (C=O) groups excluding carboxylic acids is 1. The van der Waals surface area contributed by atoms with Crippen LogP contribution in [0.15, 0.2) is 30.6 Å². The Morgan fingerprint density at radius 1 is 1.50 bits per heavy atom. The molecule has 102 valence electrons. The van der Waals surface area contributed by atoms with E-state index < -0.39 is 0 Å². The summed E-state index contributed by atoms with van der Waals surface area (Å²) in [6.07, 6.45) is 3.34. The molecule has 1 amide bonds. The number of aromatic amines is 1. The van der Waals surface area contributed by atoms with Crippen molar-refractivity contribution in [3.63, 3.8) is 0 Å². The molecule has 2 rings (SSSR count). The number of amides is 1. The van der Waals surface area contributed by atoms with Crippen molar-refractivity contribution in [1.29, 1.82) is 0 Å². The van der Waals surface area contributed by atoms with Gasteiger partial charge in [0.05, 0.1) is 6.54 Å². The lowest BCUT2D eigenvalue weighted by molar-refractivity contribution is 0.0949. The van der Waals surface area contributed by atoms with Crippen LogP contribution in [0.3, 0.4) is 0 Å². The number of aliphatic hydroxyl groups excluding tert-OH is 1. The number of aromatic nitrogens is 2. The number of imidazole rings is 1. The fraction of sp³-hybridized carbons (Fsp3) is 0.200. The topological polar surface area (TPSA) is 78.0 Å². The van der Waals surface area contributed by atoms with E-state index in [1.165, 1.54) is 0 Å². The van der Waals surface area contributed by atoms with Gasteiger partial charge in [0, 0.05) is 23.5 Å². The molecule has 0 spiro atoms. The molecular weight excluding hydrogens is 254 g/mol. The maximum atomic E-state index is 12.1. The average Bonchev–Trinajstić information content (AvgIpc) is 2.97. The van der Waals surface area contributed by atoms with Crippen LogP contribution in [0.25, 0.3) is 0 Å². The Morgan fingerprint density at radius 3 is 3.05 bits per heavy atom. The van der Waals surface area contributed by atoms with Gasteiger partial charge in [-0.15, -0.1) is 0 Å². The molecule has 0 unspecified atom stereocenters. The second-order valence-electron chi connectivity index (χ2n) is 4.21. The molecule has 1 aromatic carbocycles. The first kappa shape index (κ1) is 13.8. The zero-order chi connectivity index (χ0) is 14.4. The summed E-state index contributed by atoms with van der Waals surface area (Å²) in [6, 6.07) is 5.37. The van der Waals surface area contributed by atoms with Crippen LogP contribution in [0.5, 0.6) is 0 Å². The molecule has 5 heteroatoms. The number of rotatable bonds is 3. The third kappa shape index (κ3) is 3.46. The summed E-state index contributed by atoms with van der Waals surface area (Å²) in [6.45, 7) is 2.01. The van der Waals surface area contributed by atoms with E-state index in [-0.39, 0.29) is 12.5 Å². The third-order valence-corrected chi connectivity index (χ3v) is 2.77. The van der Waals surface area contributed by atoms with E-state index in [0.717, 1.165) is 5.56 Å². The highest BCUT2D eigenvalue weighted by atomic mass is 16.2. The van der Waals surface area contributed by atoms with E-state index in [1.807, 2.05) is 19.1 Å². The minimum atomic E-state index is -0.200. The predicted octanol–water partition coefficient (Wildman–Crippen LogP) is 0.992. The van der Waals surface area contributed by atoms with Crippen LogP contribution in [0.1, 0.15) is 27.3 Å². The number of H-pyrrole nitrogens is 1. The molecular formula is C15H15N3O2. The van der Waals surface area contributed by atoms with Crippen LogP contribution in [0, 0.1) is 18.8 Å². The average molecular weight is 269 g/mol. The second-order valence-corrected chi connectivity index (χ2v) is 4.21. The molecule has 0 fully saturated rings. The van der Waals surface area contributed by atoms with Gasteiger partial charge >= 0.3 is 0 Å². The monoisotopic (exact) mass is 269 g/mol. The largest absolute Gasteiger partial charge is 0.384 e. The summed E-state index contributed by atoms with van der Waals surface area (Å²) in [5.41, 5.74) is 2.14.